The van der Waals surface area contributed by atoms with Gasteiger partial charge in [0.2, 0.25) is 0 Å². The van der Waals surface area contributed by atoms with E-state index in [1.54, 1.807) is 24.3 Å². The maximum atomic E-state index is 10.9. The second-order valence-corrected chi connectivity index (χ2v) is 8.27. The number of hydrogen-bond acceptors (Lipinski definition) is 6. The quantitative estimate of drug-likeness (QED) is 0.123. The number of oxime groups is 1. The Hall–Kier alpha value is -2.85. The van der Waals surface area contributed by atoms with Crippen LogP contribution in [0.25, 0.3) is 0 Å². The van der Waals surface area contributed by atoms with E-state index in [1.165, 1.54) is 18.3 Å². The molecule has 0 saturated heterocycles. The molecule has 0 atom stereocenters. The molecule has 0 amide bonds. The molecular weight excluding hydrogens is 547 g/mol. The molecule has 3 aromatic rings. The van der Waals surface area contributed by atoms with Crippen LogP contribution in [0.4, 0.5) is 5.69 Å². The van der Waals surface area contributed by atoms with Crippen molar-refractivity contribution in [2.24, 2.45) is 5.16 Å². The molecule has 32 heavy (non-hydrogen) atoms. The summed E-state index contributed by atoms with van der Waals surface area (Å²) in [5.41, 5.74) is 2.33. The molecule has 0 bridgehead atoms. The number of halogens is 2. The minimum absolute atomic E-state index is 0.00374. The summed E-state index contributed by atoms with van der Waals surface area (Å²) >= 11 is 8.70. The topological polar surface area (TPSA) is 83.2 Å². The average Bonchev–Trinajstić information content (AvgIpc) is 2.78. The van der Waals surface area contributed by atoms with Gasteiger partial charge in [-0.15, -0.1) is 0 Å². The van der Waals surface area contributed by atoms with Crippen LogP contribution in [0.5, 0.6) is 11.5 Å². The van der Waals surface area contributed by atoms with Crippen LogP contribution in [0.15, 0.2) is 65.8 Å². The lowest BCUT2D eigenvalue weighted by molar-refractivity contribution is -0.384. The first-order valence-corrected chi connectivity index (χ1v) is 11.1. The Balaban J connectivity index is 1.67. The van der Waals surface area contributed by atoms with Crippen molar-refractivity contribution in [3.8, 4) is 11.5 Å². The number of hydrogen-bond donors (Lipinski definition) is 0. The van der Waals surface area contributed by atoms with Gasteiger partial charge in [-0.2, -0.15) is 0 Å². The molecule has 0 aromatic heterocycles. The summed E-state index contributed by atoms with van der Waals surface area (Å²) in [5.74, 6) is 0.965. The van der Waals surface area contributed by atoms with E-state index < -0.39 is 4.92 Å². The monoisotopic (exact) mass is 566 g/mol. The molecule has 7 nitrogen and oxygen atoms in total. The molecule has 3 aromatic carbocycles. The zero-order valence-electron chi connectivity index (χ0n) is 17.2. The molecule has 0 unspecified atom stereocenters. The summed E-state index contributed by atoms with van der Waals surface area (Å²) in [6, 6.07) is 17.7. The lowest BCUT2D eigenvalue weighted by Gasteiger charge is -2.14. The van der Waals surface area contributed by atoms with Crippen molar-refractivity contribution in [3.63, 3.8) is 0 Å². The van der Waals surface area contributed by atoms with Crippen LogP contribution < -0.4 is 9.47 Å². The molecule has 0 aliphatic heterocycles. The summed E-state index contributed by atoms with van der Waals surface area (Å²) in [5, 5.41) is 15.2. The van der Waals surface area contributed by atoms with E-state index in [1.807, 2.05) is 31.2 Å². The number of non-ortho nitro benzene ring substituents is 1. The van der Waals surface area contributed by atoms with Gasteiger partial charge in [0.15, 0.2) is 11.5 Å². The van der Waals surface area contributed by atoms with E-state index in [0.29, 0.717) is 40.9 Å². The molecule has 0 fully saturated rings. The Morgan fingerprint density at radius 2 is 1.84 bits per heavy atom. The number of rotatable bonds is 10. The first kappa shape index (κ1) is 23.8. The summed E-state index contributed by atoms with van der Waals surface area (Å²) in [7, 11) is 0. The van der Waals surface area contributed by atoms with Crippen molar-refractivity contribution < 1.29 is 19.2 Å². The third-order valence-electron chi connectivity index (χ3n) is 4.26. The van der Waals surface area contributed by atoms with E-state index in [4.69, 9.17) is 25.9 Å². The van der Waals surface area contributed by atoms with Gasteiger partial charge in [0.25, 0.3) is 5.69 Å². The molecule has 0 heterocycles. The molecule has 166 valence electrons. The smallest absolute Gasteiger partial charge is 0.269 e. The van der Waals surface area contributed by atoms with Gasteiger partial charge < -0.3 is 14.3 Å². The van der Waals surface area contributed by atoms with Crippen molar-refractivity contribution in [1.82, 2.24) is 0 Å². The molecule has 0 spiro atoms. The van der Waals surface area contributed by atoms with Gasteiger partial charge in [0.1, 0.15) is 13.2 Å². The predicted octanol–water partition coefficient (Wildman–Crippen LogP) is 6.38. The highest BCUT2D eigenvalue weighted by Crippen LogP contribution is 2.37. The van der Waals surface area contributed by atoms with Gasteiger partial charge in [-0.3, -0.25) is 10.1 Å². The second kappa shape index (κ2) is 11.7. The fourth-order valence-corrected chi connectivity index (χ4v) is 3.40. The lowest BCUT2D eigenvalue weighted by atomic mass is 10.2. The normalized spacial score (nSPS) is 10.8. The van der Waals surface area contributed by atoms with Crippen LogP contribution in [-0.2, 0) is 18.1 Å². The zero-order chi connectivity index (χ0) is 22.9. The van der Waals surface area contributed by atoms with E-state index in [0.717, 1.165) is 9.13 Å². The van der Waals surface area contributed by atoms with E-state index >= 15 is 0 Å². The van der Waals surface area contributed by atoms with Crippen molar-refractivity contribution in [3.05, 3.63) is 96.1 Å². The molecule has 3 rings (SSSR count). The average molecular weight is 567 g/mol. The summed E-state index contributed by atoms with van der Waals surface area (Å²) in [4.78, 5) is 15.7. The van der Waals surface area contributed by atoms with E-state index in [-0.39, 0.29) is 12.3 Å². The van der Waals surface area contributed by atoms with Crippen molar-refractivity contribution in [2.45, 2.75) is 20.1 Å². The maximum absolute atomic E-state index is 10.9. The van der Waals surface area contributed by atoms with Gasteiger partial charge in [-0.1, -0.05) is 41.0 Å². The fraction of sp³-hybridized carbons (Fsp3) is 0.174. The number of nitrogens with zero attached hydrogens (tertiary/aromatic N) is 2. The van der Waals surface area contributed by atoms with Crippen molar-refractivity contribution >= 4 is 46.1 Å². The van der Waals surface area contributed by atoms with Crippen LogP contribution >= 0.6 is 34.2 Å². The lowest BCUT2D eigenvalue weighted by Crippen LogP contribution is -2.01. The first-order valence-electron chi connectivity index (χ1n) is 9.68. The predicted molar refractivity (Wildman–Crippen MR) is 132 cm³/mol. The number of nitro benzene ring substituents is 1. The number of nitro groups is 1. The minimum atomic E-state index is -0.452. The molecule has 0 saturated carbocycles. The fourth-order valence-electron chi connectivity index (χ4n) is 2.77. The third kappa shape index (κ3) is 6.83. The molecule has 9 heteroatoms. The SMILES string of the molecule is CCOc1cc(/C=N\OCc2cccc([N+](=O)[O-])c2)cc(Cl)c1OCc1ccc(I)cc1. The van der Waals surface area contributed by atoms with Gasteiger partial charge >= 0.3 is 0 Å². The van der Waals surface area contributed by atoms with E-state index in [2.05, 4.69) is 27.7 Å². The first-order chi connectivity index (χ1) is 15.5. The molecular formula is C23H20ClIN2O5. The number of ether oxygens (including phenoxy) is 2. The van der Waals surface area contributed by atoms with Crippen molar-refractivity contribution in [1.29, 1.82) is 0 Å². The Kier molecular flexibility index (Phi) is 8.69. The van der Waals surface area contributed by atoms with Crippen LogP contribution in [0.3, 0.4) is 0 Å². The number of benzene rings is 3. The highest BCUT2D eigenvalue weighted by atomic mass is 127. The molecule has 0 radical (unpaired) electrons. The standard InChI is InChI=1S/C23H20ClIN2O5/c1-2-30-22-12-18(13-26-32-15-17-4-3-5-20(10-17)27(28)29)11-21(24)23(22)31-14-16-6-8-19(25)9-7-16/h3-13H,2,14-15H2,1H3/b26-13-. The zero-order valence-corrected chi connectivity index (χ0v) is 20.1. The van der Waals surface area contributed by atoms with Crippen LogP contribution in [-0.4, -0.2) is 17.7 Å². The Labute approximate surface area is 204 Å². The maximum Gasteiger partial charge on any atom is 0.269 e. The van der Waals surface area contributed by atoms with Gasteiger partial charge in [0.05, 0.1) is 22.8 Å². The van der Waals surface area contributed by atoms with Gasteiger partial charge in [-0.05, 0) is 64.9 Å². The van der Waals surface area contributed by atoms with Crippen LogP contribution in [0.2, 0.25) is 5.02 Å². The Morgan fingerprint density at radius 1 is 1.06 bits per heavy atom. The third-order valence-corrected chi connectivity index (χ3v) is 5.26. The highest BCUT2D eigenvalue weighted by molar-refractivity contribution is 14.1. The summed E-state index contributed by atoms with van der Waals surface area (Å²) in [6.45, 7) is 2.78. The van der Waals surface area contributed by atoms with Crippen molar-refractivity contribution in [2.75, 3.05) is 6.61 Å². The molecule has 0 aliphatic carbocycles. The van der Waals surface area contributed by atoms with E-state index in [9.17, 15) is 10.1 Å². The Bertz CT molecular complexity index is 1110. The summed E-state index contributed by atoms with van der Waals surface area (Å²) < 4.78 is 12.8. The van der Waals surface area contributed by atoms with Crippen LogP contribution in [0, 0.1) is 13.7 Å². The summed E-state index contributed by atoms with van der Waals surface area (Å²) in [6.07, 6.45) is 1.49. The highest BCUT2D eigenvalue weighted by Gasteiger charge is 2.13. The second-order valence-electron chi connectivity index (χ2n) is 6.61. The Morgan fingerprint density at radius 3 is 2.56 bits per heavy atom. The van der Waals surface area contributed by atoms with Gasteiger partial charge in [-0.25, -0.2) is 0 Å². The van der Waals surface area contributed by atoms with Crippen LogP contribution in [0.1, 0.15) is 23.6 Å². The van der Waals surface area contributed by atoms with Gasteiger partial charge in [0, 0.05) is 21.3 Å². The largest absolute Gasteiger partial charge is 0.490 e. The molecule has 0 aliphatic rings. The minimum Gasteiger partial charge on any atom is -0.490 e. The molecule has 0 N–H and O–H groups in total.